The van der Waals surface area contributed by atoms with Crippen LogP contribution in [0, 0.1) is 17.1 Å². The standard InChI is InChI=1S/C24H27FN2O2/c1-3-13-27(4-2)16-19-17-29-23-11-10-21(28-14-5-12-26)15-22(23)24(19)18-6-8-20(25)9-7-18/h6-11,15H,3-5,13-14,16-17H2,1-2H3. The molecule has 0 unspecified atom stereocenters. The van der Waals surface area contributed by atoms with E-state index in [2.05, 4.69) is 24.8 Å². The van der Waals surface area contributed by atoms with Gasteiger partial charge in [-0.1, -0.05) is 26.0 Å². The second-order valence-electron chi connectivity index (χ2n) is 7.06. The summed E-state index contributed by atoms with van der Waals surface area (Å²) in [6, 6.07) is 14.4. The molecule has 1 aliphatic rings. The van der Waals surface area contributed by atoms with Gasteiger partial charge >= 0.3 is 0 Å². The van der Waals surface area contributed by atoms with Crippen LogP contribution in [0.25, 0.3) is 5.57 Å². The molecule has 1 heterocycles. The van der Waals surface area contributed by atoms with Crippen molar-refractivity contribution in [3.8, 4) is 17.6 Å². The molecule has 4 nitrogen and oxygen atoms in total. The van der Waals surface area contributed by atoms with Crippen molar-refractivity contribution in [1.82, 2.24) is 4.90 Å². The normalized spacial score (nSPS) is 13.1. The van der Waals surface area contributed by atoms with E-state index in [0.29, 0.717) is 25.4 Å². The number of nitriles is 1. The van der Waals surface area contributed by atoms with E-state index in [4.69, 9.17) is 14.7 Å². The Hall–Kier alpha value is -2.84. The maximum Gasteiger partial charge on any atom is 0.127 e. The zero-order valence-electron chi connectivity index (χ0n) is 17.1. The summed E-state index contributed by atoms with van der Waals surface area (Å²) in [5.41, 5.74) is 4.16. The van der Waals surface area contributed by atoms with E-state index >= 15 is 0 Å². The van der Waals surface area contributed by atoms with Gasteiger partial charge in [-0.05, 0) is 66.6 Å². The lowest BCUT2D eigenvalue weighted by atomic mass is 9.90. The topological polar surface area (TPSA) is 45.5 Å². The Labute approximate surface area is 172 Å². The van der Waals surface area contributed by atoms with Crippen LogP contribution in [0.3, 0.4) is 0 Å². The number of hydrogen-bond acceptors (Lipinski definition) is 4. The van der Waals surface area contributed by atoms with E-state index in [1.54, 1.807) is 0 Å². The fourth-order valence-electron chi connectivity index (χ4n) is 3.60. The van der Waals surface area contributed by atoms with E-state index in [0.717, 1.165) is 48.5 Å². The highest BCUT2D eigenvalue weighted by atomic mass is 19.1. The molecular formula is C24H27FN2O2. The Morgan fingerprint density at radius 3 is 2.66 bits per heavy atom. The minimum Gasteiger partial charge on any atom is -0.492 e. The van der Waals surface area contributed by atoms with Gasteiger partial charge in [-0.3, -0.25) is 4.90 Å². The van der Waals surface area contributed by atoms with E-state index in [-0.39, 0.29) is 5.82 Å². The number of benzene rings is 2. The van der Waals surface area contributed by atoms with Crippen LogP contribution in [0.4, 0.5) is 4.39 Å². The monoisotopic (exact) mass is 394 g/mol. The molecule has 2 aromatic carbocycles. The van der Waals surface area contributed by atoms with E-state index in [9.17, 15) is 4.39 Å². The predicted molar refractivity (Wildman–Crippen MR) is 112 cm³/mol. The summed E-state index contributed by atoms with van der Waals surface area (Å²) in [5.74, 6) is 1.24. The van der Waals surface area contributed by atoms with Crippen LogP contribution in [0.2, 0.25) is 0 Å². The van der Waals surface area contributed by atoms with Gasteiger partial charge in [0.25, 0.3) is 0 Å². The Morgan fingerprint density at radius 1 is 1.17 bits per heavy atom. The lowest BCUT2D eigenvalue weighted by Crippen LogP contribution is -2.30. The van der Waals surface area contributed by atoms with Crippen LogP contribution in [-0.2, 0) is 0 Å². The predicted octanol–water partition coefficient (Wildman–Crippen LogP) is 5.04. The van der Waals surface area contributed by atoms with Crippen LogP contribution in [-0.4, -0.2) is 37.7 Å². The fourth-order valence-corrected chi connectivity index (χ4v) is 3.60. The van der Waals surface area contributed by atoms with Gasteiger partial charge in [-0.15, -0.1) is 0 Å². The van der Waals surface area contributed by atoms with E-state index < -0.39 is 0 Å². The van der Waals surface area contributed by atoms with Crippen molar-refractivity contribution >= 4 is 5.57 Å². The van der Waals surface area contributed by atoms with Crippen molar-refractivity contribution < 1.29 is 13.9 Å². The molecule has 3 rings (SSSR count). The van der Waals surface area contributed by atoms with Crippen LogP contribution in [0.5, 0.6) is 11.5 Å². The third-order valence-electron chi connectivity index (χ3n) is 4.99. The molecule has 0 amide bonds. The van der Waals surface area contributed by atoms with Gasteiger partial charge < -0.3 is 9.47 Å². The molecule has 0 spiro atoms. The number of rotatable bonds is 9. The molecule has 0 atom stereocenters. The van der Waals surface area contributed by atoms with Gasteiger partial charge in [0.2, 0.25) is 0 Å². The van der Waals surface area contributed by atoms with E-state index in [1.807, 2.05) is 30.3 Å². The molecule has 2 aromatic rings. The highest BCUT2D eigenvalue weighted by molar-refractivity contribution is 5.87. The lowest BCUT2D eigenvalue weighted by Gasteiger charge is -2.29. The highest BCUT2D eigenvalue weighted by Crippen LogP contribution is 2.39. The second kappa shape index (κ2) is 10.1. The summed E-state index contributed by atoms with van der Waals surface area (Å²) in [5, 5.41) is 8.74. The summed E-state index contributed by atoms with van der Waals surface area (Å²) in [6.45, 7) is 7.96. The summed E-state index contributed by atoms with van der Waals surface area (Å²) >= 11 is 0. The van der Waals surface area contributed by atoms with Crippen LogP contribution >= 0.6 is 0 Å². The van der Waals surface area contributed by atoms with Gasteiger partial charge in [-0.2, -0.15) is 5.26 Å². The van der Waals surface area contributed by atoms with Gasteiger partial charge in [0.15, 0.2) is 0 Å². The van der Waals surface area contributed by atoms with Crippen molar-refractivity contribution in [3.63, 3.8) is 0 Å². The van der Waals surface area contributed by atoms with Gasteiger partial charge in [0, 0.05) is 12.1 Å². The molecule has 0 N–H and O–H groups in total. The molecule has 1 aliphatic heterocycles. The maximum atomic E-state index is 13.6. The zero-order chi connectivity index (χ0) is 20.6. The number of halogens is 1. The first-order valence-corrected chi connectivity index (χ1v) is 10.1. The van der Waals surface area contributed by atoms with E-state index in [1.165, 1.54) is 17.7 Å². The van der Waals surface area contributed by atoms with Crippen LogP contribution in [0.15, 0.2) is 48.0 Å². The zero-order valence-corrected chi connectivity index (χ0v) is 17.1. The fraction of sp³-hybridized carbons (Fsp3) is 0.375. The van der Waals surface area contributed by atoms with Crippen molar-refractivity contribution in [1.29, 1.82) is 5.26 Å². The van der Waals surface area contributed by atoms with Gasteiger partial charge in [0.1, 0.15) is 30.5 Å². The molecular weight excluding hydrogens is 367 g/mol. The molecule has 0 radical (unpaired) electrons. The molecule has 0 saturated heterocycles. The first-order chi connectivity index (χ1) is 14.2. The number of nitrogens with zero attached hydrogens (tertiary/aromatic N) is 2. The summed E-state index contributed by atoms with van der Waals surface area (Å²) in [6.07, 6.45) is 1.42. The van der Waals surface area contributed by atoms with Crippen LogP contribution < -0.4 is 9.47 Å². The third-order valence-corrected chi connectivity index (χ3v) is 4.99. The number of likely N-dealkylation sites (N-methyl/N-ethyl adjacent to an activating group) is 1. The first kappa shape index (κ1) is 20.9. The Morgan fingerprint density at radius 2 is 1.97 bits per heavy atom. The van der Waals surface area contributed by atoms with Crippen molar-refractivity contribution in [2.24, 2.45) is 0 Å². The quantitative estimate of drug-likeness (QED) is 0.559. The average molecular weight is 394 g/mol. The minimum absolute atomic E-state index is 0.252. The Balaban J connectivity index is 2.04. The Kier molecular flexibility index (Phi) is 7.26. The SMILES string of the molecule is CCCN(CC)CC1=C(c2ccc(F)cc2)c2cc(OCCC#N)ccc2OC1. The molecule has 0 aliphatic carbocycles. The molecule has 152 valence electrons. The maximum absolute atomic E-state index is 13.6. The van der Waals surface area contributed by atoms with Crippen LogP contribution in [0.1, 0.15) is 37.8 Å². The average Bonchev–Trinajstić information content (AvgIpc) is 2.74. The molecule has 0 aromatic heterocycles. The molecule has 0 bridgehead atoms. The largest absolute Gasteiger partial charge is 0.492 e. The highest BCUT2D eigenvalue weighted by Gasteiger charge is 2.23. The van der Waals surface area contributed by atoms with Gasteiger partial charge in [-0.25, -0.2) is 4.39 Å². The van der Waals surface area contributed by atoms with Gasteiger partial charge in [0.05, 0.1) is 12.5 Å². The molecule has 0 fully saturated rings. The Bertz CT molecular complexity index is 900. The lowest BCUT2D eigenvalue weighted by molar-refractivity contribution is 0.282. The number of ether oxygens (including phenoxy) is 2. The number of hydrogen-bond donors (Lipinski definition) is 0. The second-order valence-corrected chi connectivity index (χ2v) is 7.06. The summed E-state index contributed by atoms with van der Waals surface area (Å²) in [7, 11) is 0. The first-order valence-electron chi connectivity index (χ1n) is 10.1. The van der Waals surface area contributed by atoms with Crippen molar-refractivity contribution in [2.75, 3.05) is 32.8 Å². The molecule has 29 heavy (non-hydrogen) atoms. The summed E-state index contributed by atoms with van der Waals surface area (Å²) in [4.78, 5) is 2.39. The summed E-state index contributed by atoms with van der Waals surface area (Å²) < 4.78 is 25.3. The third kappa shape index (κ3) is 5.16. The smallest absolute Gasteiger partial charge is 0.127 e. The van der Waals surface area contributed by atoms with Crippen molar-refractivity contribution in [3.05, 3.63) is 65.0 Å². The van der Waals surface area contributed by atoms with Crippen molar-refractivity contribution in [2.45, 2.75) is 26.7 Å². The molecule has 0 saturated carbocycles. The number of fused-ring (bicyclic) bond motifs is 1. The minimum atomic E-state index is -0.252. The molecule has 5 heteroatoms.